The van der Waals surface area contributed by atoms with Crippen molar-refractivity contribution in [2.45, 2.75) is 33.4 Å². The minimum Gasteiger partial charge on any atom is -0.383 e. The fourth-order valence-corrected chi connectivity index (χ4v) is 2.65. The van der Waals surface area contributed by atoms with Gasteiger partial charge in [0.05, 0.1) is 24.9 Å². The van der Waals surface area contributed by atoms with Gasteiger partial charge in [-0.2, -0.15) is 5.10 Å². The Bertz CT molecular complexity index is 420. The summed E-state index contributed by atoms with van der Waals surface area (Å²) in [6.45, 7) is 10.4. The second-order valence-corrected chi connectivity index (χ2v) is 5.27. The molecule has 0 saturated carbocycles. The molecule has 1 atom stereocenters. The SMILES string of the molecule is CCN(c1c(CNCCOC)c(C)nn1C)C(C)COC. The zero-order chi connectivity index (χ0) is 15.8. The lowest BCUT2D eigenvalue weighted by Crippen LogP contribution is -2.38. The van der Waals surface area contributed by atoms with Crippen molar-refractivity contribution in [2.75, 3.05) is 45.4 Å². The topological polar surface area (TPSA) is 51.5 Å². The van der Waals surface area contributed by atoms with E-state index in [9.17, 15) is 0 Å². The number of aromatic nitrogens is 2. The van der Waals surface area contributed by atoms with Crippen molar-refractivity contribution >= 4 is 5.82 Å². The molecule has 0 bridgehead atoms. The van der Waals surface area contributed by atoms with E-state index in [0.717, 1.165) is 25.3 Å². The van der Waals surface area contributed by atoms with Crippen molar-refractivity contribution in [1.82, 2.24) is 15.1 Å². The molecular weight excluding hydrogens is 268 g/mol. The number of methoxy groups -OCH3 is 2. The number of nitrogens with one attached hydrogen (secondary N) is 1. The van der Waals surface area contributed by atoms with Gasteiger partial charge >= 0.3 is 0 Å². The van der Waals surface area contributed by atoms with Crippen molar-refractivity contribution in [3.63, 3.8) is 0 Å². The summed E-state index contributed by atoms with van der Waals surface area (Å²) in [5.74, 6) is 1.17. The summed E-state index contributed by atoms with van der Waals surface area (Å²) in [7, 11) is 5.46. The van der Waals surface area contributed by atoms with Crippen molar-refractivity contribution in [3.8, 4) is 0 Å². The van der Waals surface area contributed by atoms with Crippen molar-refractivity contribution in [3.05, 3.63) is 11.3 Å². The maximum Gasteiger partial charge on any atom is 0.131 e. The van der Waals surface area contributed by atoms with Crippen LogP contribution < -0.4 is 10.2 Å². The number of hydrogen-bond donors (Lipinski definition) is 1. The second-order valence-electron chi connectivity index (χ2n) is 5.27. The van der Waals surface area contributed by atoms with E-state index < -0.39 is 0 Å². The summed E-state index contributed by atoms with van der Waals surface area (Å²) < 4.78 is 12.3. The van der Waals surface area contributed by atoms with Gasteiger partial charge in [-0.05, 0) is 20.8 Å². The van der Waals surface area contributed by atoms with Crippen LogP contribution in [0.3, 0.4) is 0 Å². The molecule has 1 rings (SSSR count). The van der Waals surface area contributed by atoms with E-state index in [4.69, 9.17) is 9.47 Å². The smallest absolute Gasteiger partial charge is 0.131 e. The highest BCUT2D eigenvalue weighted by atomic mass is 16.5. The molecule has 6 nitrogen and oxygen atoms in total. The Morgan fingerprint density at radius 1 is 1.33 bits per heavy atom. The van der Waals surface area contributed by atoms with Crippen LogP contribution in [0, 0.1) is 6.92 Å². The Balaban J connectivity index is 2.92. The van der Waals surface area contributed by atoms with Gasteiger partial charge < -0.3 is 19.7 Å². The van der Waals surface area contributed by atoms with Gasteiger partial charge in [0.2, 0.25) is 0 Å². The van der Waals surface area contributed by atoms with E-state index in [1.54, 1.807) is 14.2 Å². The molecule has 122 valence electrons. The fourth-order valence-electron chi connectivity index (χ4n) is 2.65. The highest BCUT2D eigenvalue weighted by Crippen LogP contribution is 2.25. The molecule has 0 radical (unpaired) electrons. The third-order valence-corrected chi connectivity index (χ3v) is 3.65. The molecule has 21 heavy (non-hydrogen) atoms. The minimum absolute atomic E-state index is 0.313. The monoisotopic (exact) mass is 298 g/mol. The highest BCUT2D eigenvalue weighted by molar-refractivity contribution is 5.51. The molecular formula is C15H30N4O2. The van der Waals surface area contributed by atoms with Crippen LogP contribution in [0.4, 0.5) is 5.82 Å². The molecule has 1 heterocycles. The van der Waals surface area contributed by atoms with Crippen molar-refractivity contribution in [1.29, 1.82) is 0 Å². The molecule has 1 N–H and O–H groups in total. The second kappa shape index (κ2) is 9.02. The Kier molecular flexibility index (Phi) is 7.71. The zero-order valence-electron chi connectivity index (χ0n) is 14.3. The number of rotatable bonds is 10. The minimum atomic E-state index is 0.313. The fraction of sp³-hybridized carbons (Fsp3) is 0.800. The van der Waals surface area contributed by atoms with Gasteiger partial charge in [-0.25, -0.2) is 0 Å². The molecule has 1 aromatic heterocycles. The van der Waals surface area contributed by atoms with Crippen LogP contribution >= 0.6 is 0 Å². The van der Waals surface area contributed by atoms with Crippen LogP contribution in [0.15, 0.2) is 0 Å². The first-order chi connectivity index (χ1) is 10.1. The maximum atomic E-state index is 5.30. The van der Waals surface area contributed by atoms with Crippen LogP contribution in [0.5, 0.6) is 0 Å². The van der Waals surface area contributed by atoms with Gasteiger partial charge in [-0.1, -0.05) is 0 Å². The molecule has 1 unspecified atom stereocenters. The van der Waals surface area contributed by atoms with Gasteiger partial charge in [0, 0.05) is 46.5 Å². The Morgan fingerprint density at radius 2 is 2.05 bits per heavy atom. The summed E-state index contributed by atoms with van der Waals surface area (Å²) >= 11 is 0. The summed E-state index contributed by atoms with van der Waals surface area (Å²) in [4.78, 5) is 2.34. The van der Waals surface area contributed by atoms with Crippen molar-refractivity contribution in [2.24, 2.45) is 7.05 Å². The van der Waals surface area contributed by atoms with Crippen LogP contribution in [-0.2, 0) is 23.1 Å². The van der Waals surface area contributed by atoms with Crippen LogP contribution in [0.2, 0.25) is 0 Å². The lowest BCUT2D eigenvalue weighted by atomic mass is 10.2. The number of aryl methyl sites for hydroxylation is 2. The summed E-state index contributed by atoms with van der Waals surface area (Å²) in [5.41, 5.74) is 2.32. The number of hydrogen-bond acceptors (Lipinski definition) is 5. The molecule has 0 aromatic carbocycles. The van der Waals surface area contributed by atoms with E-state index >= 15 is 0 Å². The van der Waals surface area contributed by atoms with Gasteiger partial charge in [-0.15, -0.1) is 0 Å². The molecule has 0 saturated heterocycles. The quantitative estimate of drug-likeness (QED) is 0.660. The lowest BCUT2D eigenvalue weighted by Gasteiger charge is -2.30. The Labute approximate surface area is 128 Å². The maximum absolute atomic E-state index is 5.30. The predicted octanol–water partition coefficient (Wildman–Crippen LogP) is 1.33. The van der Waals surface area contributed by atoms with Gasteiger partial charge in [0.15, 0.2) is 0 Å². The largest absolute Gasteiger partial charge is 0.383 e. The van der Waals surface area contributed by atoms with E-state index in [2.05, 4.69) is 36.1 Å². The zero-order valence-corrected chi connectivity index (χ0v) is 14.3. The summed E-state index contributed by atoms with van der Waals surface area (Å²) in [6.07, 6.45) is 0. The van der Waals surface area contributed by atoms with Crippen LogP contribution in [-0.4, -0.2) is 56.3 Å². The normalized spacial score (nSPS) is 12.7. The van der Waals surface area contributed by atoms with Gasteiger partial charge in [-0.3, -0.25) is 4.68 Å². The lowest BCUT2D eigenvalue weighted by molar-refractivity contribution is 0.181. The van der Waals surface area contributed by atoms with Crippen LogP contribution in [0.1, 0.15) is 25.1 Å². The highest BCUT2D eigenvalue weighted by Gasteiger charge is 2.22. The Hall–Kier alpha value is -1.11. The third kappa shape index (κ3) is 4.69. The molecule has 6 heteroatoms. The summed E-state index contributed by atoms with van der Waals surface area (Å²) in [5, 5.41) is 8.00. The predicted molar refractivity (Wildman–Crippen MR) is 85.9 cm³/mol. The third-order valence-electron chi connectivity index (χ3n) is 3.65. The van der Waals surface area contributed by atoms with Crippen LogP contribution in [0.25, 0.3) is 0 Å². The van der Waals surface area contributed by atoms with Gasteiger partial charge in [0.25, 0.3) is 0 Å². The first-order valence-corrected chi connectivity index (χ1v) is 7.54. The molecule has 0 aliphatic carbocycles. The van der Waals surface area contributed by atoms with E-state index in [1.807, 2.05) is 11.7 Å². The number of nitrogens with zero attached hydrogens (tertiary/aromatic N) is 3. The molecule has 0 aliphatic heterocycles. The first-order valence-electron chi connectivity index (χ1n) is 7.54. The van der Waals surface area contributed by atoms with Crippen molar-refractivity contribution < 1.29 is 9.47 Å². The molecule has 0 spiro atoms. The average Bonchev–Trinajstić information content (AvgIpc) is 2.71. The van der Waals surface area contributed by atoms with Gasteiger partial charge in [0.1, 0.15) is 5.82 Å². The molecule has 0 aliphatic rings. The summed E-state index contributed by atoms with van der Waals surface area (Å²) in [6, 6.07) is 0.313. The first kappa shape index (κ1) is 17.9. The molecule has 0 amide bonds. The number of anilines is 1. The van der Waals surface area contributed by atoms with E-state index in [-0.39, 0.29) is 0 Å². The molecule has 0 fully saturated rings. The Morgan fingerprint density at radius 3 is 2.62 bits per heavy atom. The number of ether oxygens (including phenoxy) is 2. The standard InChI is InChI=1S/C15H30N4O2/c1-7-19(12(2)11-21-6)15-14(10-16-8-9-20-5)13(3)17-18(15)4/h12,16H,7-11H2,1-6H3. The number of likely N-dealkylation sites (N-methyl/N-ethyl adjacent to an activating group) is 1. The average molecular weight is 298 g/mol. The molecule has 1 aromatic rings. The van der Waals surface area contributed by atoms with E-state index in [1.165, 1.54) is 11.4 Å². The van der Waals surface area contributed by atoms with E-state index in [0.29, 0.717) is 19.3 Å².